The Bertz CT molecular complexity index is 731. The van der Waals surface area contributed by atoms with Gasteiger partial charge in [0.05, 0.1) is 25.5 Å². The minimum Gasteiger partial charge on any atom is -0.493 e. The summed E-state index contributed by atoms with van der Waals surface area (Å²) in [7, 11) is 1.55. The molecule has 3 unspecified atom stereocenters. The Kier molecular flexibility index (Phi) is 5.96. The molecule has 6 nitrogen and oxygen atoms in total. The zero-order chi connectivity index (χ0) is 19.4. The number of methoxy groups -OCH3 is 1. The number of aliphatic hydroxyl groups is 1. The van der Waals surface area contributed by atoms with E-state index in [2.05, 4.69) is 6.58 Å². The first kappa shape index (κ1) is 19.2. The molecule has 0 spiro atoms. The molecule has 0 bridgehead atoms. The number of likely N-dealkylation sites (tertiary alicyclic amines) is 1. The van der Waals surface area contributed by atoms with Gasteiger partial charge in [-0.25, -0.2) is 0 Å². The zero-order valence-electron chi connectivity index (χ0n) is 15.5. The number of allylic oxidation sites excluding steroid dienone is 3. The fourth-order valence-electron chi connectivity index (χ4n) is 3.62. The largest absolute Gasteiger partial charge is 0.493 e. The van der Waals surface area contributed by atoms with Crippen LogP contribution in [0, 0.1) is 11.8 Å². The predicted molar refractivity (Wildman–Crippen MR) is 100 cm³/mol. The standard InChI is InChI=1S/C21H25NO5/c1-3-6-14-9-10-18(19(11-14)26-2)27-13-15(23)12-22-20(24)16-7-4-5-8-17(16)21(22)25/h3-5,9-11,15-17,23H,1,6-8,12-13H2,2H3. The van der Waals surface area contributed by atoms with E-state index < -0.39 is 6.10 Å². The van der Waals surface area contributed by atoms with E-state index in [9.17, 15) is 14.7 Å². The molecule has 0 radical (unpaired) electrons. The molecule has 3 atom stereocenters. The van der Waals surface area contributed by atoms with Crippen molar-refractivity contribution >= 4 is 11.8 Å². The summed E-state index contributed by atoms with van der Waals surface area (Å²) in [5.74, 6) is 0.106. The molecule has 0 aromatic heterocycles. The van der Waals surface area contributed by atoms with Crippen LogP contribution in [-0.2, 0) is 16.0 Å². The van der Waals surface area contributed by atoms with E-state index in [1.807, 2.05) is 24.3 Å². The van der Waals surface area contributed by atoms with Crippen LogP contribution in [0.3, 0.4) is 0 Å². The number of aliphatic hydroxyl groups excluding tert-OH is 1. The third-order valence-electron chi connectivity index (χ3n) is 5.03. The van der Waals surface area contributed by atoms with E-state index in [4.69, 9.17) is 9.47 Å². The fraction of sp³-hybridized carbons (Fsp3) is 0.429. The predicted octanol–water partition coefficient (Wildman–Crippen LogP) is 2.11. The second-order valence-corrected chi connectivity index (χ2v) is 6.89. The summed E-state index contributed by atoms with van der Waals surface area (Å²) in [6, 6.07) is 5.53. The SMILES string of the molecule is C=CCc1ccc(OCC(O)CN2C(=O)C3CC=CCC3C2=O)c(OC)c1. The minimum absolute atomic E-state index is 0.0399. The smallest absolute Gasteiger partial charge is 0.233 e. The van der Waals surface area contributed by atoms with Gasteiger partial charge < -0.3 is 14.6 Å². The van der Waals surface area contributed by atoms with E-state index in [0.29, 0.717) is 24.3 Å². The highest BCUT2D eigenvalue weighted by Gasteiger charge is 2.47. The van der Waals surface area contributed by atoms with Gasteiger partial charge in [-0.15, -0.1) is 6.58 Å². The maximum Gasteiger partial charge on any atom is 0.233 e. The number of carbonyl (C=O) groups is 2. The maximum absolute atomic E-state index is 12.5. The van der Waals surface area contributed by atoms with Gasteiger partial charge in [0.2, 0.25) is 11.8 Å². The van der Waals surface area contributed by atoms with E-state index in [1.165, 1.54) is 4.90 Å². The molecule has 144 valence electrons. The Morgan fingerprint density at radius 2 is 1.89 bits per heavy atom. The van der Waals surface area contributed by atoms with Crippen molar-refractivity contribution in [3.63, 3.8) is 0 Å². The molecule has 1 aliphatic carbocycles. The van der Waals surface area contributed by atoms with Crippen LogP contribution in [0.4, 0.5) is 0 Å². The van der Waals surface area contributed by atoms with Crippen LogP contribution >= 0.6 is 0 Å². The highest BCUT2D eigenvalue weighted by Crippen LogP contribution is 2.35. The van der Waals surface area contributed by atoms with Crippen molar-refractivity contribution in [1.82, 2.24) is 4.90 Å². The fourth-order valence-corrected chi connectivity index (χ4v) is 3.62. The topological polar surface area (TPSA) is 76.1 Å². The summed E-state index contributed by atoms with van der Waals surface area (Å²) < 4.78 is 11.0. The lowest BCUT2D eigenvalue weighted by atomic mass is 9.85. The van der Waals surface area contributed by atoms with E-state index in [1.54, 1.807) is 19.3 Å². The van der Waals surface area contributed by atoms with Crippen LogP contribution in [0.15, 0.2) is 43.0 Å². The molecule has 6 heteroatoms. The number of amides is 2. The van der Waals surface area contributed by atoms with Gasteiger partial charge in [0.15, 0.2) is 11.5 Å². The highest BCUT2D eigenvalue weighted by atomic mass is 16.5. The van der Waals surface area contributed by atoms with Crippen molar-refractivity contribution in [3.05, 3.63) is 48.6 Å². The lowest BCUT2D eigenvalue weighted by Gasteiger charge is -2.20. The summed E-state index contributed by atoms with van der Waals surface area (Å²) in [4.78, 5) is 26.1. The van der Waals surface area contributed by atoms with Gasteiger partial charge in [-0.3, -0.25) is 14.5 Å². The van der Waals surface area contributed by atoms with Crippen molar-refractivity contribution < 1.29 is 24.2 Å². The second kappa shape index (κ2) is 8.39. The Morgan fingerprint density at radius 3 is 2.48 bits per heavy atom. The molecular weight excluding hydrogens is 346 g/mol. The van der Waals surface area contributed by atoms with Crippen molar-refractivity contribution in [2.45, 2.75) is 25.4 Å². The summed E-state index contributed by atoms with van der Waals surface area (Å²) >= 11 is 0. The first-order valence-corrected chi connectivity index (χ1v) is 9.14. The Hall–Kier alpha value is -2.60. The van der Waals surface area contributed by atoms with Gasteiger partial charge in [-0.1, -0.05) is 24.3 Å². The molecule has 1 aromatic rings. The van der Waals surface area contributed by atoms with Gasteiger partial charge in [-0.2, -0.15) is 0 Å². The van der Waals surface area contributed by atoms with Crippen LogP contribution in [0.25, 0.3) is 0 Å². The number of benzene rings is 1. The molecular formula is C21H25NO5. The van der Waals surface area contributed by atoms with Crippen molar-refractivity contribution in [1.29, 1.82) is 0 Å². The summed E-state index contributed by atoms with van der Waals surface area (Å²) in [5.41, 5.74) is 1.04. The molecule has 0 saturated carbocycles. The number of imide groups is 1. The molecule has 2 aliphatic rings. The van der Waals surface area contributed by atoms with Crippen LogP contribution < -0.4 is 9.47 Å². The first-order chi connectivity index (χ1) is 13.0. The average molecular weight is 371 g/mol. The number of rotatable bonds is 8. The lowest BCUT2D eigenvalue weighted by Crippen LogP contribution is -2.40. The zero-order valence-corrected chi connectivity index (χ0v) is 15.5. The summed E-state index contributed by atoms with van der Waals surface area (Å²) in [6.07, 6.45) is 6.61. The summed E-state index contributed by atoms with van der Waals surface area (Å²) in [5, 5.41) is 10.3. The third-order valence-corrected chi connectivity index (χ3v) is 5.03. The molecule has 1 saturated heterocycles. The van der Waals surface area contributed by atoms with Crippen LogP contribution in [0.1, 0.15) is 18.4 Å². The number of ether oxygens (including phenoxy) is 2. The molecule has 1 fully saturated rings. The van der Waals surface area contributed by atoms with E-state index in [-0.39, 0.29) is 36.8 Å². The van der Waals surface area contributed by atoms with Crippen LogP contribution in [0.2, 0.25) is 0 Å². The number of fused-ring (bicyclic) bond motifs is 1. The lowest BCUT2D eigenvalue weighted by molar-refractivity contribution is -0.141. The average Bonchev–Trinajstić information content (AvgIpc) is 2.92. The monoisotopic (exact) mass is 371 g/mol. The van der Waals surface area contributed by atoms with Crippen LogP contribution in [0.5, 0.6) is 11.5 Å². The van der Waals surface area contributed by atoms with Gasteiger partial charge in [-0.05, 0) is 37.0 Å². The molecule has 1 N–H and O–H groups in total. The number of β-amino-alcohol motifs (C(OH)–C–C–N with tert-alkyl or cyclic N) is 1. The Morgan fingerprint density at radius 1 is 1.22 bits per heavy atom. The molecule has 3 rings (SSSR count). The number of nitrogens with zero attached hydrogens (tertiary/aromatic N) is 1. The Balaban J connectivity index is 1.58. The molecule has 1 aromatic carbocycles. The molecule has 27 heavy (non-hydrogen) atoms. The second-order valence-electron chi connectivity index (χ2n) is 6.89. The van der Waals surface area contributed by atoms with Crippen LogP contribution in [-0.4, -0.2) is 48.2 Å². The third kappa shape index (κ3) is 4.06. The number of hydrogen-bond acceptors (Lipinski definition) is 5. The van der Waals surface area contributed by atoms with Crippen molar-refractivity contribution in [3.8, 4) is 11.5 Å². The number of carbonyl (C=O) groups excluding carboxylic acids is 2. The molecule has 2 amide bonds. The Labute approximate surface area is 159 Å². The van der Waals surface area contributed by atoms with E-state index >= 15 is 0 Å². The summed E-state index contributed by atoms with van der Waals surface area (Å²) in [6.45, 7) is 3.62. The van der Waals surface area contributed by atoms with Gasteiger partial charge >= 0.3 is 0 Å². The first-order valence-electron chi connectivity index (χ1n) is 9.14. The van der Waals surface area contributed by atoms with Gasteiger partial charge in [0, 0.05) is 0 Å². The molecule has 1 aliphatic heterocycles. The van der Waals surface area contributed by atoms with Crippen molar-refractivity contribution in [2.75, 3.05) is 20.3 Å². The van der Waals surface area contributed by atoms with Crippen molar-refractivity contribution in [2.24, 2.45) is 11.8 Å². The highest BCUT2D eigenvalue weighted by molar-refractivity contribution is 6.05. The van der Waals surface area contributed by atoms with Gasteiger partial charge in [0.25, 0.3) is 0 Å². The number of hydrogen-bond donors (Lipinski definition) is 1. The normalized spacial score (nSPS) is 22.5. The van der Waals surface area contributed by atoms with E-state index in [0.717, 1.165) is 12.0 Å². The van der Waals surface area contributed by atoms with Gasteiger partial charge in [0.1, 0.15) is 12.7 Å². The maximum atomic E-state index is 12.5. The quantitative estimate of drug-likeness (QED) is 0.560. The molecule has 1 heterocycles. The minimum atomic E-state index is -0.969.